The number of hydrogen-bond donors (Lipinski definition) is 2. The van der Waals surface area contributed by atoms with E-state index >= 15 is 0 Å². The van der Waals surface area contributed by atoms with Crippen LogP contribution in [0.3, 0.4) is 0 Å². The first-order chi connectivity index (χ1) is 6.65. The quantitative estimate of drug-likeness (QED) is 0.723. The van der Waals surface area contributed by atoms with Gasteiger partial charge in [-0.3, -0.25) is 0 Å². The fourth-order valence-electron chi connectivity index (χ4n) is 0.974. The van der Waals surface area contributed by atoms with E-state index in [1.807, 2.05) is 0 Å². The van der Waals surface area contributed by atoms with E-state index in [9.17, 15) is 9.18 Å². The van der Waals surface area contributed by atoms with E-state index in [2.05, 4.69) is 11.9 Å². The van der Waals surface area contributed by atoms with E-state index in [1.165, 1.54) is 12.1 Å². The van der Waals surface area contributed by atoms with Crippen molar-refractivity contribution < 1.29 is 14.3 Å². The predicted octanol–water partition coefficient (Wildman–Crippen LogP) is 2.12. The van der Waals surface area contributed by atoms with E-state index in [0.717, 1.165) is 6.07 Å². The molecular weight excluding hydrogens is 185 g/mol. The third kappa shape index (κ3) is 2.32. The first kappa shape index (κ1) is 10.2. The highest BCUT2D eigenvalue weighted by Gasteiger charge is 2.06. The molecule has 0 radical (unpaired) electrons. The minimum Gasteiger partial charge on any atom is -0.478 e. The summed E-state index contributed by atoms with van der Waals surface area (Å²) in [6.07, 6.45) is 1.59. The number of halogens is 1. The Bertz CT molecular complexity index is 363. The molecule has 0 aliphatic heterocycles. The van der Waals surface area contributed by atoms with Gasteiger partial charge in [-0.2, -0.15) is 0 Å². The SMILES string of the molecule is C=CCNc1ccc(C(=O)O)cc1F. The van der Waals surface area contributed by atoms with Crippen LogP contribution in [0.5, 0.6) is 0 Å². The zero-order valence-corrected chi connectivity index (χ0v) is 7.46. The third-order valence-corrected chi connectivity index (χ3v) is 1.65. The Morgan fingerprint density at radius 3 is 2.86 bits per heavy atom. The van der Waals surface area contributed by atoms with Gasteiger partial charge in [0.2, 0.25) is 0 Å². The number of nitrogens with one attached hydrogen (secondary N) is 1. The molecule has 74 valence electrons. The van der Waals surface area contributed by atoms with Crippen LogP contribution in [0.15, 0.2) is 30.9 Å². The Morgan fingerprint density at radius 2 is 2.36 bits per heavy atom. The molecule has 0 atom stereocenters. The number of anilines is 1. The molecule has 0 fully saturated rings. The summed E-state index contributed by atoms with van der Waals surface area (Å²) >= 11 is 0. The Kier molecular flexibility index (Phi) is 3.23. The van der Waals surface area contributed by atoms with Crippen molar-refractivity contribution in [3.63, 3.8) is 0 Å². The average Bonchev–Trinajstić information content (AvgIpc) is 2.15. The first-order valence-electron chi connectivity index (χ1n) is 4.02. The normalized spacial score (nSPS) is 9.50. The molecule has 0 unspecified atom stereocenters. The topological polar surface area (TPSA) is 49.3 Å². The molecule has 14 heavy (non-hydrogen) atoms. The zero-order valence-electron chi connectivity index (χ0n) is 7.46. The summed E-state index contributed by atoms with van der Waals surface area (Å²) in [4.78, 5) is 10.5. The Labute approximate surface area is 80.9 Å². The minimum absolute atomic E-state index is 0.0633. The van der Waals surface area contributed by atoms with Gasteiger partial charge >= 0.3 is 5.97 Å². The molecule has 1 aromatic rings. The van der Waals surface area contributed by atoms with Gasteiger partial charge in [0, 0.05) is 6.54 Å². The van der Waals surface area contributed by atoms with Gasteiger partial charge in [-0.1, -0.05) is 6.08 Å². The standard InChI is InChI=1S/C10H10FNO2/c1-2-5-12-9-4-3-7(10(13)14)6-8(9)11/h2-4,6,12H,1,5H2,(H,13,14). The summed E-state index contributed by atoms with van der Waals surface area (Å²) in [6, 6.07) is 3.72. The van der Waals surface area contributed by atoms with Gasteiger partial charge < -0.3 is 10.4 Å². The van der Waals surface area contributed by atoms with Gasteiger partial charge in [0.15, 0.2) is 0 Å². The third-order valence-electron chi connectivity index (χ3n) is 1.65. The van der Waals surface area contributed by atoms with Crippen LogP contribution < -0.4 is 5.32 Å². The summed E-state index contributed by atoms with van der Waals surface area (Å²) in [5.41, 5.74) is 0.210. The fraction of sp³-hybridized carbons (Fsp3) is 0.100. The average molecular weight is 195 g/mol. The summed E-state index contributed by atoms with van der Waals surface area (Å²) in [6.45, 7) is 3.91. The van der Waals surface area contributed by atoms with Crippen LogP contribution in [0.25, 0.3) is 0 Å². The van der Waals surface area contributed by atoms with Crippen molar-refractivity contribution in [3.05, 3.63) is 42.2 Å². The van der Waals surface area contributed by atoms with Crippen molar-refractivity contribution in [2.75, 3.05) is 11.9 Å². The largest absolute Gasteiger partial charge is 0.478 e. The number of aromatic carboxylic acids is 1. The smallest absolute Gasteiger partial charge is 0.335 e. The number of carboxylic acids is 1. The Morgan fingerprint density at radius 1 is 1.64 bits per heavy atom. The first-order valence-corrected chi connectivity index (χ1v) is 4.02. The maximum atomic E-state index is 13.2. The highest BCUT2D eigenvalue weighted by Crippen LogP contribution is 2.15. The van der Waals surface area contributed by atoms with Crippen LogP contribution in [0, 0.1) is 5.82 Å². The van der Waals surface area contributed by atoms with Crippen LogP contribution in [-0.4, -0.2) is 17.6 Å². The number of carboxylic acid groups (broad SMARTS) is 1. The molecule has 0 amide bonds. The predicted molar refractivity (Wildman–Crippen MR) is 52.0 cm³/mol. The molecule has 0 bridgehead atoms. The zero-order chi connectivity index (χ0) is 10.6. The summed E-state index contributed by atoms with van der Waals surface area (Å²) in [5, 5.41) is 11.3. The van der Waals surface area contributed by atoms with Crippen LogP contribution in [0.2, 0.25) is 0 Å². The molecule has 4 heteroatoms. The molecule has 1 rings (SSSR count). The second-order valence-electron chi connectivity index (χ2n) is 2.67. The van der Waals surface area contributed by atoms with Crippen molar-refractivity contribution in [2.45, 2.75) is 0 Å². The number of carbonyl (C=O) groups is 1. The lowest BCUT2D eigenvalue weighted by Gasteiger charge is -2.05. The molecule has 0 saturated heterocycles. The fourth-order valence-corrected chi connectivity index (χ4v) is 0.974. The summed E-state index contributed by atoms with van der Waals surface area (Å²) in [5.74, 6) is -1.72. The van der Waals surface area contributed by atoms with Gasteiger partial charge in [-0.05, 0) is 18.2 Å². The van der Waals surface area contributed by atoms with Gasteiger partial charge in [0.05, 0.1) is 11.3 Å². The van der Waals surface area contributed by atoms with Gasteiger partial charge in [-0.25, -0.2) is 9.18 Å². The molecule has 0 saturated carbocycles. The number of benzene rings is 1. The highest BCUT2D eigenvalue weighted by atomic mass is 19.1. The summed E-state index contributed by atoms with van der Waals surface area (Å²) in [7, 11) is 0. The van der Waals surface area contributed by atoms with Crippen molar-refractivity contribution in [3.8, 4) is 0 Å². The van der Waals surface area contributed by atoms with Gasteiger partial charge in [0.25, 0.3) is 0 Å². The minimum atomic E-state index is -1.14. The lowest BCUT2D eigenvalue weighted by atomic mass is 10.2. The van der Waals surface area contributed by atoms with Crippen LogP contribution in [0.4, 0.5) is 10.1 Å². The molecule has 0 aromatic heterocycles. The van der Waals surface area contributed by atoms with E-state index < -0.39 is 11.8 Å². The molecule has 0 aliphatic carbocycles. The maximum Gasteiger partial charge on any atom is 0.335 e. The highest BCUT2D eigenvalue weighted by molar-refractivity contribution is 5.88. The van der Waals surface area contributed by atoms with Gasteiger partial charge in [-0.15, -0.1) is 6.58 Å². The van der Waals surface area contributed by atoms with E-state index in [4.69, 9.17) is 5.11 Å². The molecule has 0 aliphatic rings. The van der Waals surface area contributed by atoms with Crippen molar-refractivity contribution >= 4 is 11.7 Å². The second kappa shape index (κ2) is 4.41. The number of rotatable bonds is 4. The Balaban J connectivity index is 2.89. The lowest BCUT2D eigenvalue weighted by molar-refractivity contribution is 0.0696. The molecule has 0 spiro atoms. The molecule has 0 heterocycles. The van der Waals surface area contributed by atoms with Crippen molar-refractivity contribution in [1.82, 2.24) is 0 Å². The monoisotopic (exact) mass is 195 g/mol. The van der Waals surface area contributed by atoms with Crippen LogP contribution >= 0.6 is 0 Å². The molecule has 3 nitrogen and oxygen atoms in total. The Hall–Kier alpha value is -1.84. The van der Waals surface area contributed by atoms with E-state index in [-0.39, 0.29) is 11.3 Å². The van der Waals surface area contributed by atoms with Crippen LogP contribution in [0.1, 0.15) is 10.4 Å². The van der Waals surface area contributed by atoms with Crippen molar-refractivity contribution in [2.24, 2.45) is 0 Å². The van der Waals surface area contributed by atoms with Crippen LogP contribution in [-0.2, 0) is 0 Å². The van der Waals surface area contributed by atoms with E-state index in [0.29, 0.717) is 6.54 Å². The molecule has 2 N–H and O–H groups in total. The van der Waals surface area contributed by atoms with Gasteiger partial charge in [0.1, 0.15) is 5.82 Å². The van der Waals surface area contributed by atoms with Crippen molar-refractivity contribution in [1.29, 1.82) is 0 Å². The molecular formula is C10H10FNO2. The number of hydrogen-bond acceptors (Lipinski definition) is 2. The lowest BCUT2D eigenvalue weighted by Crippen LogP contribution is -2.03. The second-order valence-corrected chi connectivity index (χ2v) is 2.67. The van der Waals surface area contributed by atoms with E-state index in [1.54, 1.807) is 6.08 Å². The maximum absolute atomic E-state index is 13.2. The molecule has 1 aromatic carbocycles. The summed E-state index contributed by atoms with van der Waals surface area (Å²) < 4.78 is 13.2.